The van der Waals surface area contributed by atoms with Crippen molar-refractivity contribution in [2.24, 2.45) is 4.99 Å². The monoisotopic (exact) mass is 436 g/mol. The van der Waals surface area contributed by atoms with Gasteiger partial charge in [0.1, 0.15) is 5.82 Å². The van der Waals surface area contributed by atoms with E-state index in [0.29, 0.717) is 4.70 Å². The van der Waals surface area contributed by atoms with Crippen molar-refractivity contribution in [3.05, 3.63) is 71.6 Å². The number of hydrogen-bond acceptors (Lipinski definition) is 4. The molecule has 0 saturated carbocycles. The molecule has 2 aromatic carbocycles. The Balaban J connectivity index is 1.80. The minimum atomic E-state index is -3.48. The number of sulfone groups is 1. The molecule has 9 heteroatoms. The van der Waals surface area contributed by atoms with Crippen molar-refractivity contribution in [1.29, 1.82) is 0 Å². The van der Waals surface area contributed by atoms with Crippen LogP contribution in [-0.4, -0.2) is 24.6 Å². The van der Waals surface area contributed by atoms with Gasteiger partial charge in [0.15, 0.2) is 20.5 Å². The fourth-order valence-electron chi connectivity index (χ4n) is 2.83. The predicted octanol–water partition coefficient (Wildman–Crippen LogP) is 3.85. The maximum Gasteiger partial charge on any atom is 0.248 e. The van der Waals surface area contributed by atoms with Gasteiger partial charge in [0.2, 0.25) is 5.91 Å². The van der Waals surface area contributed by atoms with E-state index in [2.05, 4.69) is 11.6 Å². The molecular formula is C20H18F2N2O3S2. The minimum Gasteiger partial charge on any atom is -0.310 e. The molecule has 0 radical (unpaired) electrons. The van der Waals surface area contributed by atoms with E-state index in [1.165, 1.54) is 28.8 Å². The summed E-state index contributed by atoms with van der Waals surface area (Å²) in [5.74, 6) is -2.18. The summed E-state index contributed by atoms with van der Waals surface area (Å²) >= 11 is 0.986. The van der Waals surface area contributed by atoms with Gasteiger partial charge in [0, 0.05) is 19.0 Å². The molecule has 1 amide bonds. The van der Waals surface area contributed by atoms with E-state index in [-0.39, 0.29) is 40.4 Å². The number of fused-ring (bicyclic) bond motifs is 1. The van der Waals surface area contributed by atoms with E-state index in [4.69, 9.17) is 0 Å². The molecule has 0 fully saturated rings. The molecule has 3 rings (SSSR count). The number of nitrogens with zero attached hydrogens (tertiary/aromatic N) is 2. The number of halogens is 2. The van der Waals surface area contributed by atoms with Gasteiger partial charge in [-0.3, -0.25) is 4.79 Å². The molecule has 0 aliphatic carbocycles. The van der Waals surface area contributed by atoms with Crippen molar-refractivity contribution in [3.8, 4) is 0 Å². The molecule has 0 unspecified atom stereocenters. The molecule has 0 aliphatic rings. The second-order valence-electron chi connectivity index (χ2n) is 6.26. The summed E-state index contributed by atoms with van der Waals surface area (Å²) in [5, 5.41) is 0. The van der Waals surface area contributed by atoms with Crippen LogP contribution in [0.4, 0.5) is 8.78 Å². The van der Waals surface area contributed by atoms with Crippen LogP contribution in [0.5, 0.6) is 0 Å². The number of thiazole rings is 1. The van der Waals surface area contributed by atoms with E-state index in [9.17, 15) is 22.0 Å². The maximum absolute atomic E-state index is 14.2. The Bertz CT molecular complexity index is 1230. The third kappa shape index (κ3) is 4.86. The van der Waals surface area contributed by atoms with E-state index in [1.807, 2.05) is 0 Å². The number of carbonyl (C=O) groups is 1. The highest BCUT2D eigenvalue weighted by Crippen LogP contribution is 2.22. The van der Waals surface area contributed by atoms with Gasteiger partial charge in [-0.25, -0.2) is 17.2 Å². The second kappa shape index (κ2) is 8.79. The molecule has 1 heterocycles. The molecule has 1 aromatic heterocycles. The van der Waals surface area contributed by atoms with Gasteiger partial charge in [-0.05, 0) is 24.6 Å². The molecular weight excluding hydrogens is 418 g/mol. The van der Waals surface area contributed by atoms with Crippen LogP contribution in [-0.2, 0) is 21.2 Å². The lowest BCUT2D eigenvalue weighted by Crippen LogP contribution is -2.17. The zero-order chi connectivity index (χ0) is 21.0. The predicted molar refractivity (Wildman–Crippen MR) is 108 cm³/mol. The normalized spacial score (nSPS) is 12.4. The summed E-state index contributed by atoms with van der Waals surface area (Å²) in [5.41, 5.74) is 0.148. The van der Waals surface area contributed by atoms with Crippen LogP contribution >= 0.6 is 11.3 Å². The first-order chi connectivity index (χ1) is 13.8. The lowest BCUT2D eigenvalue weighted by atomic mass is 10.3. The lowest BCUT2D eigenvalue weighted by Gasteiger charge is -2.03. The minimum absolute atomic E-state index is 0.0781. The average Bonchev–Trinajstić information content (AvgIpc) is 2.99. The first-order valence-corrected chi connectivity index (χ1v) is 11.2. The van der Waals surface area contributed by atoms with Crippen LogP contribution < -0.4 is 4.80 Å². The standard InChI is InChI=1S/C20H18F2N2O3S2/c1-2-10-24-19-16(22)12-14(21)13-17(19)28-20(24)23-18(25)9-6-11-29(26,27)15-7-4-3-5-8-15/h2-5,7-8,12-13H,1,6,9-11H2. The fourth-order valence-corrected chi connectivity index (χ4v) is 5.26. The summed E-state index contributed by atoms with van der Waals surface area (Å²) in [4.78, 5) is 16.7. The van der Waals surface area contributed by atoms with Crippen molar-refractivity contribution in [2.45, 2.75) is 24.3 Å². The van der Waals surface area contributed by atoms with E-state index >= 15 is 0 Å². The van der Waals surface area contributed by atoms with Crippen molar-refractivity contribution in [3.63, 3.8) is 0 Å². The zero-order valence-electron chi connectivity index (χ0n) is 15.3. The lowest BCUT2D eigenvalue weighted by molar-refractivity contribution is -0.118. The number of carbonyl (C=O) groups excluding carboxylic acids is 1. The zero-order valence-corrected chi connectivity index (χ0v) is 17.0. The van der Waals surface area contributed by atoms with E-state index in [0.717, 1.165) is 17.4 Å². The average molecular weight is 437 g/mol. The molecule has 3 aromatic rings. The van der Waals surface area contributed by atoms with Crippen LogP contribution in [0.15, 0.2) is 65.0 Å². The first-order valence-electron chi connectivity index (χ1n) is 8.76. The van der Waals surface area contributed by atoms with Gasteiger partial charge < -0.3 is 4.57 Å². The van der Waals surface area contributed by atoms with Crippen LogP contribution in [0.3, 0.4) is 0 Å². The first kappa shape index (κ1) is 21.1. The number of rotatable bonds is 7. The molecule has 152 valence electrons. The van der Waals surface area contributed by atoms with E-state index in [1.54, 1.807) is 18.2 Å². The van der Waals surface area contributed by atoms with Crippen LogP contribution in [0.25, 0.3) is 10.2 Å². The highest BCUT2D eigenvalue weighted by molar-refractivity contribution is 7.91. The number of benzene rings is 2. The fraction of sp³-hybridized carbons (Fsp3) is 0.200. The van der Waals surface area contributed by atoms with Gasteiger partial charge in [-0.1, -0.05) is 35.6 Å². The number of hydrogen-bond donors (Lipinski definition) is 0. The van der Waals surface area contributed by atoms with Gasteiger partial charge in [0.25, 0.3) is 0 Å². The molecule has 0 bridgehead atoms. The Morgan fingerprint density at radius 2 is 1.93 bits per heavy atom. The largest absolute Gasteiger partial charge is 0.310 e. The van der Waals surface area contributed by atoms with Gasteiger partial charge in [-0.2, -0.15) is 4.99 Å². The quantitative estimate of drug-likeness (QED) is 0.529. The number of aromatic nitrogens is 1. The van der Waals surface area contributed by atoms with Gasteiger partial charge >= 0.3 is 0 Å². The van der Waals surface area contributed by atoms with Gasteiger partial charge in [-0.15, -0.1) is 6.58 Å². The van der Waals surface area contributed by atoms with Crippen molar-refractivity contribution in [1.82, 2.24) is 4.57 Å². The van der Waals surface area contributed by atoms with Crippen molar-refractivity contribution >= 4 is 37.3 Å². The molecule has 29 heavy (non-hydrogen) atoms. The highest BCUT2D eigenvalue weighted by Gasteiger charge is 2.16. The molecule has 0 spiro atoms. The topological polar surface area (TPSA) is 68.5 Å². The Morgan fingerprint density at radius 1 is 1.21 bits per heavy atom. The van der Waals surface area contributed by atoms with E-state index < -0.39 is 27.4 Å². The number of allylic oxidation sites excluding steroid dienone is 1. The third-order valence-corrected chi connectivity index (χ3v) is 6.98. The molecule has 0 atom stereocenters. The third-order valence-electron chi connectivity index (χ3n) is 4.13. The Hall–Kier alpha value is -2.65. The summed E-state index contributed by atoms with van der Waals surface area (Å²) in [7, 11) is -3.48. The second-order valence-corrected chi connectivity index (χ2v) is 9.38. The molecule has 0 aliphatic heterocycles. The summed E-state index contributed by atoms with van der Waals surface area (Å²) in [6, 6.07) is 9.95. The molecule has 0 N–H and O–H groups in total. The maximum atomic E-state index is 14.2. The molecule has 0 saturated heterocycles. The summed E-state index contributed by atoms with van der Waals surface area (Å²) in [6.45, 7) is 3.80. The van der Waals surface area contributed by atoms with Crippen molar-refractivity contribution in [2.75, 3.05) is 5.75 Å². The Morgan fingerprint density at radius 3 is 2.62 bits per heavy atom. The Kier molecular flexibility index (Phi) is 6.39. The number of amides is 1. The SMILES string of the molecule is C=CCn1c(=NC(=O)CCCS(=O)(=O)c2ccccc2)sc2cc(F)cc(F)c21. The summed E-state index contributed by atoms with van der Waals surface area (Å²) in [6.07, 6.45) is 1.55. The van der Waals surface area contributed by atoms with Crippen LogP contribution in [0.2, 0.25) is 0 Å². The molecule has 5 nitrogen and oxygen atoms in total. The summed E-state index contributed by atoms with van der Waals surface area (Å²) < 4.78 is 54.0. The Labute approximate surface area is 170 Å². The smallest absolute Gasteiger partial charge is 0.248 e. The van der Waals surface area contributed by atoms with Crippen molar-refractivity contribution < 1.29 is 22.0 Å². The van der Waals surface area contributed by atoms with Gasteiger partial charge in [0.05, 0.1) is 20.9 Å². The van der Waals surface area contributed by atoms with Crippen LogP contribution in [0, 0.1) is 11.6 Å². The highest BCUT2D eigenvalue weighted by atomic mass is 32.2. The van der Waals surface area contributed by atoms with Crippen LogP contribution in [0.1, 0.15) is 12.8 Å².